The van der Waals surface area contributed by atoms with Crippen LogP contribution in [0.4, 0.5) is 5.69 Å². The smallest absolute Gasteiger partial charge is 0.262 e. The van der Waals surface area contributed by atoms with Gasteiger partial charge >= 0.3 is 0 Å². The lowest BCUT2D eigenvalue weighted by Gasteiger charge is -2.49. The molecule has 32 heavy (non-hydrogen) atoms. The van der Waals surface area contributed by atoms with Crippen molar-refractivity contribution < 1.29 is 23.9 Å². The van der Waals surface area contributed by atoms with Gasteiger partial charge in [-0.15, -0.1) is 0 Å². The summed E-state index contributed by atoms with van der Waals surface area (Å²) in [5, 5.41) is 0. The number of hydrogen-bond donors (Lipinski definition) is 0. The van der Waals surface area contributed by atoms with Crippen LogP contribution >= 0.6 is 0 Å². The van der Waals surface area contributed by atoms with Crippen LogP contribution in [0.3, 0.4) is 0 Å². The van der Waals surface area contributed by atoms with E-state index in [2.05, 4.69) is 0 Å². The first-order valence-electron chi connectivity index (χ1n) is 10.3. The van der Waals surface area contributed by atoms with Crippen molar-refractivity contribution in [2.75, 3.05) is 11.7 Å². The van der Waals surface area contributed by atoms with E-state index in [-0.39, 0.29) is 12.7 Å². The van der Waals surface area contributed by atoms with Crippen molar-refractivity contribution in [1.82, 2.24) is 4.90 Å². The van der Waals surface area contributed by atoms with Crippen LogP contribution < -0.4 is 14.4 Å². The summed E-state index contributed by atoms with van der Waals surface area (Å²) in [5.41, 5.74) is 3.18. The van der Waals surface area contributed by atoms with E-state index < -0.39 is 23.9 Å². The minimum Gasteiger partial charge on any atom is -0.454 e. The van der Waals surface area contributed by atoms with E-state index in [9.17, 15) is 14.4 Å². The average Bonchev–Trinajstić information content (AvgIpc) is 3.37. The highest BCUT2D eigenvalue weighted by Crippen LogP contribution is 2.46. The maximum atomic E-state index is 13.4. The molecule has 2 atom stereocenters. The Labute approximate surface area is 183 Å². The molecule has 3 amide bonds. The molecule has 0 saturated carbocycles. The molecule has 3 aliphatic rings. The standard InChI is InChI=1S/C25H18N2O5/c1-14-6-9-16(10-7-14)26-21(15-8-11-19-20(12-15)32-13-31-19)22(25(26)30)27-23(28)17-4-2-3-5-18(17)24(27)29/h2-12,21-22H,13H2,1H3. The SMILES string of the molecule is Cc1ccc(N2C(=O)C(N3C(=O)c4ccccc4C3=O)C2c2ccc3c(c2)OCO3)cc1. The molecule has 7 nitrogen and oxygen atoms in total. The molecule has 3 aromatic rings. The molecule has 158 valence electrons. The zero-order valence-electron chi connectivity index (χ0n) is 17.1. The second-order valence-electron chi connectivity index (χ2n) is 8.07. The summed E-state index contributed by atoms with van der Waals surface area (Å²) in [6.07, 6.45) is 0. The van der Waals surface area contributed by atoms with Gasteiger partial charge in [-0.2, -0.15) is 0 Å². The van der Waals surface area contributed by atoms with Gasteiger partial charge in [-0.25, -0.2) is 0 Å². The largest absolute Gasteiger partial charge is 0.454 e. The molecule has 3 aliphatic heterocycles. The molecule has 7 heteroatoms. The van der Waals surface area contributed by atoms with Crippen LogP contribution in [0, 0.1) is 6.92 Å². The highest BCUT2D eigenvalue weighted by molar-refractivity contribution is 6.24. The van der Waals surface area contributed by atoms with Crippen LogP contribution in [-0.4, -0.2) is 35.5 Å². The number of nitrogens with zero attached hydrogens (tertiary/aromatic N) is 2. The zero-order valence-corrected chi connectivity index (χ0v) is 17.1. The lowest BCUT2D eigenvalue weighted by Crippen LogP contribution is -2.67. The molecule has 1 saturated heterocycles. The Morgan fingerprint density at radius 1 is 0.750 bits per heavy atom. The number of amides is 3. The Morgan fingerprint density at radius 2 is 1.41 bits per heavy atom. The minimum absolute atomic E-state index is 0.131. The van der Waals surface area contributed by atoms with Crippen molar-refractivity contribution in [2.24, 2.45) is 0 Å². The Bertz CT molecular complexity index is 1260. The summed E-state index contributed by atoms with van der Waals surface area (Å²) < 4.78 is 10.9. The van der Waals surface area contributed by atoms with Gasteiger partial charge in [0.25, 0.3) is 17.7 Å². The number of ether oxygens (including phenoxy) is 2. The summed E-state index contributed by atoms with van der Waals surface area (Å²) in [6, 6.07) is 18.2. The van der Waals surface area contributed by atoms with Crippen molar-refractivity contribution in [2.45, 2.75) is 19.0 Å². The van der Waals surface area contributed by atoms with E-state index in [1.807, 2.05) is 43.3 Å². The number of carbonyl (C=O) groups excluding carboxylic acids is 3. The third-order valence-electron chi connectivity index (χ3n) is 6.22. The monoisotopic (exact) mass is 426 g/mol. The number of β-lactam (4-membered cyclic amide) rings is 1. The van der Waals surface area contributed by atoms with Gasteiger partial charge in [-0.05, 0) is 48.9 Å². The van der Waals surface area contributed by atoms with Crippen LogP contribution in [0.2, 0.25) is 0 Å². The van der Waals surface area contributed by atoms with Gasteiger partial charge in [0.15, 0.2) is 11.5 Å². The molecule has 3 aromatic carbocycles. The van der Waals surface area contributed by atoms with Crippen LogP contribution in [-0.2, 0) is 4.79 Å². The van der Waals surface area contributed by atoms with E-state index in [0.717, 1.165) is 16.0 Å². The van der Waals surface area contributed by atoms with E-state index in [0.29, 0.717) is 28.3 Å². The predicted molar refractivity (Wildman–Crippen MR) is 115 cm³/mol. The molecule has 1 fully saturated rings. The fourth-order valence-electron chi connectivity index (χ4n) is 4.61. The maximum absolute atomic E-state index is 13.4. The molecular weight excluding hydrogens is 408 g/mol. The van der Waals surface area contributed by atoms with Crippen molar-refractivity contribution in [3.8, 4) is 11.5 Å². The minimum atomic E-state index is -0.941. The predicted octanol–water partition coefficient (Wildman–Crippen LogP) is 3.48. The zero-order chi connectivity index (χ0) is 22.0. The molecule has 6 rings (SSSR count). The lowest BCUT2D eigenvalue weighted by atomic mass is 9.86. The Kier molecular flexibility index (Phi) is 3.89. The Balaban J connectivity index is 1.45. The van der Waals surface area contributed by atoms with E-state index in [4.69, 9.17) is 9.47 Å². The summed E-state index contributed by atoms with van der Waals surface area (Å²) in [7, 11) is 0. The van der Waals surface area contributed by atoms with Gasteiger partial charge in [0.05, 0.1) is 17.2 Å². The molecule has 0 spiro atoms. The van der Waals surface area contributed by atoms with Gasteiger partial charge in [0.1, 0.15) is 6.04 Å². The molecule has 0 bridgehead atoms. The van der Waals surface area contributed by atoms with Crippen LogP contribution in [0.15, 0.2) is 66.7 Å². The molecule has 0 aliphatic carbocycles. The van der Waals surface area contributed by atoms with Crippen molar-refractivity contribution in [1.29, 1.82) is 0 Å². The molecule has 0 aromatic heterocycles. The summed E-state index contributed by atoms with van der Waals surface area (Å²) >= 11 is 0. The quantitative estimate of drug-likeness (QED) is 0.474. The van der Waals surface area contributed by atoms with Gasteiger partial charge in [-0.1, -0.05) is 35.9 Å². The van der Waals surface area contributed by atoms with E-state index in [1.54, 1.807) is 35.2 Å². The Morgan fingerprint density at radius 3 is 2.09 bits per heavy atom. The lowest BCUT2D eigenvalue weighted by molar-refractivity contribution is -0.130. The fourth-order valence-corrected chi connectivity index (χ4v) is 4.61. The first-order chi connectivity index (χ1) is 15.5. The number of imide groups is 1. The third-order valence-corrected chi connectivity index (χ3v) is 6.22. The van der Waals surface area contributed by atoms with Gasteiger partial charge in [-0.3, -0.25) is 19.3 Å². The number of benzene rings is 3. The molecule has 3 heterocycles. The average molecular weight is 426 g/mol. The molecule has 0 N–H and O–H groups in total. The third kappa shape index (κ3) is 2.51. The number of fused-ring (bicyclic) bond motifs is 2. The maximum Gasteiger partial charge on any atom is 0.262 e. The number of carbonyl (C=O) groups is 3. The van der Waals surface area contributed by atoms with Crippen molar-refractivity contribution in [3.05, 3.63) is 89.0 Å². The number of aryl methyl sites for hydroxylation is 1. The fraction of sp³-hybridized carbons (Fsp3) is 0.160. The first kappa shape index (κ1) is 18.6. The highest BCUT2D eigenvalue weighted by atomic mass is 16.7. The van der Waals surface area contributed by atoms with E-state index in [1.165, 1.54) is 0 Å². The van der Waals surface area contributed by atoms with E-state index >= 15 is 0 Å². The second kappa shape index (κ2) is 6.68. The van der Waals surface area contributed by atoms with Crippen LogP contribution in [0.5, 0.6) is 11.5 Å². The van der Waals surface area contributed by atoms with Crippen molar-refractivity contribution in [3.63, 3.8) is 0 Å². The normalized spacial score (nSPS) is 21.1. The molecular formula is C25H18N2O5. The number of rotatable bonds is 3. The topological polar surface area (TPSA) is 76.2 Å². The summed E-state index contributed by atoms with van der Waals surface area (Å²) in [4.78, 5) is 42.4. The summed E-state index contributed by atoms with van der Waals surface area (Å²) in [5.74, 6) is 0.00732. The van der Waals surface area contributed by atoms with Gasteiger partial charge in [0, 0.05) is 5.69 Å². The number of anilines is 1. The first-order valence-corrected chi connectivity index (χ1v) is 10.3. The van der Waals surface area contributed by atoms with Gasteiger partial charge < -0.3 is 14.4 Å². The van der Waals surface area contributed by atoms with Crippen molar-refractivity contribution >= 4 is 23.4 Å². The van der Waals surface area contributed by atoms with Gasteiger partial charge in [0.2, 0.25) is 6.79 Å². The molecule has 2 unspecified atom stereocenters. The Hall–Kier alpha value is -4.13. The van der Waals surface area contributed by atoms with Crippen LogP contribution in [0.1, 0.15) is 37.9 Å². The summed E-state index contributed by atoms with van der Waals surface area (Å²) in [6.45, 7) is 2.10. The second-order valence-corrected chi connectivity index (χ2v) is 8.07. The highest BCUT2D eigenvalue weighted by Gasteiger charge is 2.57. The number of hydrogen-bond acceptors (Lipinski definition) is 5. The molecule has 0 radical (unpaired) electrons. The van der Waals surface area contributed by atoms with Crippen LogP contribution in [0.25, 0.3) is 0 Å².